The Labute approximate surface area is 172 Å². The molecule has 0 amide bonds. The molecule has 0 unspecified atom stereocenters. The van der Waals surface area contributed by atoms with E-state index in [2.05, 4.69) is 19.4 Å². The fraction of sp³-hybridized carbons (Fsp3) is 0.143. The van der Waals surface area contributed by atoms with E-state index in [-0.39, 0.29) is 11.0 Å². The van der Waals surface area contributed by atoms with Crippen LogP contribution in [0.1, 0.15) is 32.0 Å². The van der Waals surface area contributed by atoms with Crippen molar-refractivity contribution >= 4 is 23.5 Å². The van der Waals surface area contributed by atoms with Crippen LogP contribution in [-0.4, -0.2) is 36.1 Å². The molecule has 8 heteroatoms. The molecule has 3 aromatic rings. The Kier molecular flexibility index (Phi) is 8.24. The van der Waals surface area contributed by atoms with Gasteiger partial charge in [-0.15, -0.1) is 0 Å². The van der Waals surface area contributed by atoms with Crippen LogP contribution in [0.5, 0.6) is 0 Å². The maximum atomic E-state index is 13.5. The number of methoxy groups -OCH3 is 2. The molecule has 2 heterocycles. The summed E-state index contributed by atoms with van der Waals surface area (Å²) in [6, 6.07) is 12.7. The average molecular weight is 417 g/mol. The van der Waals surface area contributed by atoms with Gasteiger partial charge in [0.05, 0.1) is 25.3 Å². The zero-order chi connectivity index (χ0) is 21.2. The molecule has 0 N–H and O–H groups in total. The number of rotatable bonds is 4. The van der Waals surface area contributed by atoms with Crippen molar-refractivity contribution in [3.8, 4) is 0 Å². The smallest absolute Gasteiger partial charge is 0.338 e. The fourth-order valence-corrected chi connectivity index (χ4v) is 2.48. The van der Waals surface area contributed by atoms with Gasteiger partial charge in [-0.25, -0.2) is 19.0 Å². The third-order valence-corrected chi connectivity index (χ3v) is 3.92. The van der Waals surface area contributed by atoms with Gasteiger partial charge in [-0.05, 0) is 35.9 Å². The number of hydrogen-bond donors (Lipinski definition) is 0. The lowest BCUT2D eigenvalue weighted by atomic mass is 10.1. The largest absolute Gasteiger partial charge is 0.465 e. The van der Waals surface area contributed by atoms with Gasteiger partial charge in [-0.3, -0.25) is 4.98 Å². The van der Waals surface area contributed by atoms with E-state index in [1.54, 1.807) is 30.3 Å². The standard InChI is InChI=1S/C14H12FNO2.C7H6ClNO2/c1-18-14(17)11-6-7-16-12(9-11)8-10-4-2-3-5-13(10)15;1-11-7(10)5-2-3-9-6(8)4-5/h2-7,9H,8H2,1H3;2-4H,1H3. The number of hydrogen-bond acceptors (Lipinski definition) is 6. The van der Waals surface area contributed by atoms with Crippen LogP contribution in [0.3, 0.4) is 0 Å². The highest BCUT2D eigenvalue weighted by molar-refractivity contribution is 6.29. The summed E-state index contributed by atoms with van der Waals surface area (Å²) in [7, 11) is 2.63. The van der Waals surface area contributed by atoms with Gasteiger partial charge in [0.15, 0.2) is 0 Å². The van der Waals surface area contributed by atoms with Crippen molar-refractivity contribution in [3.63, 3.8) is 0 Å². The lowest BCUT2D eigenvalue weighted by Crippen LogP contribution is -2.03. The van der Waals surface area contributed by atoms with Gasteiger partial charge in [0.2, 0.25) is 0 Å². The monoisotopic (exact) mass is 416 g/mol. The first-order valence-electron chi connectivity index (χ1n) is 8.41. The molecular weight excluding hydrogens is 399 g/mol. The van der Waals surface area contributed by atoms with E-state index in [0.717, 1.165) is 0 Å². The summed E-state index contributed by atoms with van der Waals surface area (Å²) in [5.74, 6) is -1.11. The molecule has 0 spiro atoms. The number of carbonyl (C=O) groups is 2. The SMILES string of the molecule is COC(=O)c1ccnc(Cc2ccccc2F)c1.COC(=O)c1ccnc(Cl)c1. The minimum atomic E-state index is -0.424. The Balaban J connectivity index is 0.000000234. The number of nitrogens with zero attached hydrogens (tertiary/aromatic N) is 2. The molecule has 0 bridgehead atoms. The number of pyridine rings is 2. The quantitative estimate of drug-likeness (QED) is 0.470. The fourth-order valence-electron chi connectivity index (χ4n) is 2.30. The Bertz CT molecular complexity index is 998. The number of halogens is 2. The zero-order valence-electron chi connectivity index (χ0n) is 15.8. The molecule has 0 aliphatic rings. The predicted octanol–water partition coefficient (Wildman–Crippen LogP) is 4.12. The van der Waals surface area contributed by atoms with Gasteiger partial charge in [0.1, 0.15) is 11.0 Å². The summed E-state index contributed by atoms with van der Waals surface area (Å²) in [5, 5.41) is 0.285. The molecule has 0 saturated heterocycles. The molecule has 0 saturated carbocycles. The summed E-state index contributed by atoms with van der Waals surface area (Å²) in [4.78, 5) is 30.1. The Morgan fingerprint density at radius 3 is 2.10 bits per heavy atom. The van der Waals surface area contributed by atoms with Crippen LogP contribution >= 0.6 is 11.6 Å². The summed E-state index contributed by atoms with van der Waals surface area (Å²) in [5.41, 5.74) is 2.00. The highest BCUT2D eigenvalue weighted by Crippen LogP contribution is 2.13. The van der Waals surface area contributed by atoms with E-state index in [4.69, 9.17) is 11.6 Å². The molecule has 2 aromatic heterocycles. The van der Waals surface area contributed by atoms with E-state index in [1.807, 2.05) is 0 Å². The van der Waals surface area contributed by atoms with Crippen molar-refractivity contribution in [1.29, 1.82) is 0 Å². The van der Waals surface area contributed by atoms with Gasteiger partial charge >= 0.3 is 11.9 Å². The minimum absolute atomic E-state index is 0.275. The predicted molar refractivity (Wildman–Crippen MR) is 105 cm³/mol. The average Bonchev–Trinajstić information content (AvgIpc) is 2.75. The van der Waals surface area contributed by atoms with Crippen molar-refractivity contribution < 1.29 is 23.5 Å². The molecule has 0 aliphatic carbocycles. The summed E-state index contributed by atoms with van der Waals surface area (Å²) >= 11 is 5.53. The molecule has 0 aliphatic heterocycles. The van der Waals surface area contributed by atoms with Crippen LogP contribution < -0.4 is 0 Å². The van der Waals surface area contributed by atoms with Crippen LogP contribution in [-0.2, 0) is 15.9 Å². The molecule has 150 valence electrons. The third kappa shape index (κ3) is 6.65. The topological polar surface area (TPSA) is 78.4 Å². The Morgan fingerprint density at radius 1 is 0.931 bits per heavy atom. The van der Waals surface area contributed by atoms with Gasteiger partial charge in [-0.1, -0.05) is 29.8 Å². The maximum absolute atomic E-state index is 13.5. The summed E-state index contributed by atoms with van der Waals surface area (Å²) in [6.07, 6.45) is 3.31. The summed E-state index contributed by atoms with van der Waals surface area (Å²) in [6.45, 7) is 0. The first-order chi connectivity index (χ1) is 13.9. The lowest BCUT2D eigenvalue weighted by Gasteiger charge is -2.04. The highest BCUT2D eigenvalue weighted by atomic mass is 35.5. The van der Waals surface area contributed by atoms with E-state index < -0.39 is 11.9 Å². The second kappa shape index (κ2) is 10.9. The number of esters is 2. The third-order valence-electron chi connectivity index (χ3n) is 3.71. The van der Waals surface area contributed by atoms with Gasteiger partial charge in [-0.2, -0.15) is 0 Å². The molecule has 0 atom stereocenters. The Morgan fingerprint density at radius 2 is 1.52 bits per heavy atom. The van der Waals surface area contributed by atoms with E-state index >= 15 is 0 Å². The molecule has 6 nitrogen and oxygen atoms in total. The second-order valence-electron chi connectivity index (χ2n) is 5.65. The van der Waals surface area contributed by atoms with Crippen molar-refractivity contribution in [1.82, 2.24) is 9.97 Å². The van der Waals surface area contributed by atoms with Crippen LogP contribution in [0.2, 0.25) is 5.15 Å². The first kappa shape index (κ1) is 22.0. The second-order valence-corrected chi connectivity index (χ2v) is 6.04. The molecule has 0 radical (unpaired) electrons. The number of carbonyl (C=O) groups excluding carboxylic acids is 2. The van der Waals surface area contributed by atoms with Crippen molar-refractivity contribution in [2.45, 2.75) is 6.42 Å². The lowest BCUT2D eigenvalue weighted by molar-refractivity contribution is 0.0591. The van der Waals surface area contributed by atoms with Crippen LogP contribution in [0, 0.1) is 5.82 Å². The van der Waals surface area contributed by atoms with E-state index in [9.17, 15) is 14.0 Å². The maximum Gasteiger partial charge on any atom is 0.338 e. The molecule has 3 rings (SSSR count). The van der Waals surface area contributed by atoms with Crippen LogP contribution in [0.4, 0.5) is 4.39 Å². The van der Waals surface area contributed by atoms with Gasteiger partial charge < -0.3 is 9.47 Å². The number of benzene rings is 1. The van der Waals surface area contributed by atoms with Gasteiger partial charge in [0.25, 0.3) is 0 Å². The molecule has 1 aromatic carbocycles. The van der Waals surface area contributed by atoms with E-state index in [0.29, 0.717) is 28.8 Å². The Hall–Kier alpha value is -3.32. The number of aromatic nitrogens is 2. The normalized spacial score (nSPS) is 9.79. The minimum Gasteiger partial charge on any atom is -0.465 e. The molecular formula is C21H18ClFN2O4. The zero-order valence-corrected chi connectivity index (χ0v) is 16.5. The van der Waals surface area contributed by atoms with Gasteiger partial charge in [0, 0.05) is 24.5 Å². The van der Waals surface area contributed by atoms with Crippen molar-refractivity contribution in [2.24, 2.45) is 0 Å². The number of ether oxygens (including phenoxy) is 2. The molecule has 29 heavy (non-hydrogen) atoms. The van der Waals surface area contributed by atoms with Crippen LogP contribution in [0.25, 0.3) is 0 Å². The van der Waals surface area contributed by atoms with Crippen molar-refractivity contribution in [2.75, 3.05) is 14.2 Å². The molecule has 0 fully saturated rings. The van der Waals surface area contributed by atoms with Crippen LogP contribution in [0.15, 0.2) is 60.9 Å². The summed E-state index contributed by atoms with van der Waals surface area (Å²) < 4.78 is 22.6. The van der Waals surface area contributed by atoms with Crippen molar-refractivity contribution in [3.05, 3.63) is 94.3 Å². The first-order valence-corrected chi connectivity index (χ1v) is 8.79. The highest BCUT2D eigenvalue weighted by Gasteiger charge is 2.08. The van der Waals surface area contributed by atoms with E-state index in [1.165, 1.54) is 44.8 Å².